The first-order valence-electron chi connectivity index (χ1n) is 5.95. The van der Waals surface area contributed by atoms with Crippen molar-refractivity contribution in [3.05, 3.63) is 71.3 Å². The van der Waals surface area contributed by atoms with E-state index in [1.807, 2.05) is 0 Å². The van der Waals surface area contributed by atoms with Gasteiger partial charge in [-0.15, -0.1) is 0 Å². The summed E-state index contributed by atoms with van der Waals surface area (Å²) in [5, 5.41) is 19.8. The summed E-state index contributed by atoms with van der Waals surface area (Å²) in [5.74, 6) is -1.65. The molecule has 0 aliphatic rings. The molecule has 0 unspecified atom stereocenters. The number of rotatable bonds is 3. The minimum atomic E-state index is -4.62. The third-order valence-corrected chi connectivity index (χ3v) is 3.11. The normalized spacial score (nSPS) is 14.5. The summed E-state index contributed by atoms with van der Waals surface area (Å²) in [4.78, 5) is 11.5. The van der Waals surface area contributed by atoms with Crippen molar-refractivity contribution in [3.8, 4) is 0 Å². The molecule has 110 valence electrons. The average Bonchev–Trinajstić information content (AvgIpc) is 2.46. The molecule has 0 aliphatic carbocycles. The van der Waals surface area contributed by atoms with Gasteiger partial charge in [0.1, 0.15) is 0 Å². The van der Waals surface area contributed by atoms with Crippen LogP contribution in [-0.4, -0.2) is 16.2 Å². The molecular weight excluding hydrogens is 285 g/mol. The van der Waals surface area contributed by atoms with Crippen LogP contribution in [0.15, 0.2) is 54.6 Å². The van der Waals surface area contributed by atoms with E-state index < -0.39 is 23.3 Å². The van der Waals surface area contributed by atoms with Crippen molar-refractivity contribution in [2.75, 3.05) is 0 Å². The van der Waals surface area contributed by atoms with E-state index in [1.165, 1.54) is 24.3 Å². The monoisotopic (exact) mass is 296 g/mol. The Morgan fingerprint density at radius 1 is 0.857 bits per heavy atom. The van der Waals surface area contributed by atoms with Gasteiger partial charge in [0.15, 0.2) is 0 Å². The van der Waals surface area contributed by atoms with Crippen LogP contribution in [0.3, 0.4) is 0 Å². The predicted octanol–water partition coefficient (Wildman–Crippen LogP) is 3.03. The van der Waals surface area contributed by atoms with Crippen molar-refractivity contribution in [2.45, 2.75) is 11.8 Å². The van der Waals surface area contributed by atoms with Gasteiger partial charge in [0, 0.05) is 5.56 Å². The van der Waals surface area contributed by atoms with Gasteiger partial charge in [-0.2, -0.15) is 13.2 Å². The van der Waals surface area contributed by atoms with Gasteiger partial charge in [-0.1, -0.05) is 42.5 Å². The number of hydrogen-bond donors (Lipinski definition) is 2. The zero-order chi connectivity index (χ0) is 15.7. The number of carbonyl (C=O) groups is 1. The molecule has 0 saturated carbocycles. The van der Waals surface area contributed by atoms with Crippen LogP contribution in [0, 0.1) is 0 Å². The van der Waals surface area contributed by atoms with Gasteiger partial charge in [-0.3, -0.25) is 0 Å². The zero-order valence-corrected chi connectivity index (χ0v) is 10.6. The maximum Gasteiger partial charge on any atom is 0.416 e. The molecule has 0 bridgehead atoms. The first kappa shape index (κ1) is 15.1. The van der Waals surface area contributed by atoms with E-state index in [9.17, 15) is 28.2 Å². The van der Waals surface area contributed by atoms with Crippen LogP contribution in [0.1, 0.15) is 16.7 Å². The number of aliphatic carboxylic acids is 1. The highest BCUT2D eigenvalue weighted by Gasteiger charge is 2.41. The molecule has 21 heavy (non-hydrogen) atoms. The summed E-state index contributed by atoms with van der Waals surface area (Å²) in [6.07, 6.45) is -4.62. The van der Waals surface area contributed by atoms with Crippen LogP contribution in [0.4, 0.5) is 13.2 Å². The SMILES string of the molecule is O=C(O)[C@](O)(c1ccccc1)c1cccc(C(F)(F)F)c1. The Morgan fingerprint density at radius 3 is 1.90 bits per heavy atom. The molecule has 0 spiro atoms. The number of benzene rings is 2. The fourth-order valence-corrected chi connectivity index (χ4v) is 2.01. The summed E-state index contributed by atoms with van der Waals surface area (Å²) >= 11 is 0. The molecule has 2 N–H and O–H groups in total. The van der Waals surface area contributed by atoms with Crippen molar-refractivity contribution in [1.82, 2.24) is 0 Å². The first-order valence-corrected chi connectivity index (χ1v) is 5.95. The van der Waals surface area contributed by atoms with Gasteiger partial charge in [0.05, 0.1) is 5.56 Å². The van der Waals surface area contributed by atoms with E-state index in [4.69, 9.17) is 0 Å². The van der Waals surface area contributed by atoms with Gasteiger partial charge in [0.25, 0.3) is 0 Å². The van der Waals surface area contributed by atoms with Crippen molar-refractivity contribution in [3.63, 3.8) is 0 Å². The van der Waals surface area contributed by atoms with E-state index >= 15 is 0 Å². The van der Waals surface area contributed by atoms with Crippen LogP contribution in [0.2, 0.25) is 0 Å². The van der Waals surface area contributed by atoms with Crippen molar-refractivity contribution >= 4 is 5.97 Å². The van der Waals surface area contributed by atoms with Crippen molar-refractivity contribution in [2.24, 2.45) is 0 Å². The summed E-state index contributed by atoms with van der Waals surface area (Å²) in [6, 6.07) is 11.0. The fraction of sp³-hybridized carbons (Fsp3) is 0.133. The molecule has 0 amide bonds. The standard InChI is InChI=1S/C15H11F3O3/c16-15(17,18)12-8-4-7-11(9-12)14(21,13(19)20)10-5-2-1-3-6-10/h1-9,21H,(H,19,20)/t14-/m0/s1. The Bertz CT molecular complexity index is 653. The van der Waals surface area contributed by atoms with Crippen LogP contribution in [-0.2, 0) is 16.6 Å². The summed E-state index contributed by atoms with van der Waals surface area (Å²) in [7, 11) is 0. The second-order valence-corrected chi connectivity index (χ2v) is 4.46. The molecule has 0 radical (unpaired) electrons. The Morgan fingerprint density at radius 2 is 1.38 bits per heavy atom. The molecule has 2 aromatic carbocycles. The predicted molar refractivity (Wildman–Crippen MR) is 68.5 cm³/mol. The number of carboxylic acid groups (broad SMARTS) is 1. The van der Waals surface area contributed by atoms with E-state index in [-0.39, 0.29) is 11.1 Å². The maximum atomic E-state index is 12.7. The molecular formula is C15H11F3O3. The van der Waals surface area contributed by atoms with Crippen molar-refractivity contribution in [1.29, 1.82) is 0 Å². The van der Waals surface area contributed by atoms with Gasteiger partial charge in [-0.05, 0) is 17.7 Å². The van der Waals surface area contributed by atoms with E-state index in [2.05, 4.69) is 0 Å². The number of halogens is 3. The van der Waals surface area contributed by atoms with Gasteiger partial charge in [0.2, 0.25) is 5.60 Å². The van der Waals surface area contributed by atoms with Gasteiger partial charge in [-0.25, -0.2) is 4.79 Å². The highest BCUT2D eigenvalue weighted by Crippen LogP contribution is 2.35. The number of hydrogen-bond acceptors (Lipinski definition) is 2. The largest absolute Gasteiger partial charge is 0.479 e. The van der Waals surface area contributed by atoms with E-state index in [0.717, 1.165) is 18.2 Å². The van der Waals surface area contributed by atoms with E-state index in [1.54, 1.807) is 6.07 Å². The summed E-state index contributed by atoms with van der Waals surface area (Å²) in [5.41, 5.74) is -3.92. The molecule has 6 heteroatoms. The molecule has 2 aromatic rings. The average molecular weight is 296 g/mol. The summed E-state index contributed by atoms with van der Waals surface area (Å²) < 4.78 is 38.2. The minimum Gasteiger partial charge on any atom is -0.479 e. The van der Waals surface area contributed by atoms with Crippen LogP contribution >= 0.6 is 0 Å². The maximum absolute atomic E-state index is 12.7. The van der Waals surface area contributed by atoms with E-state index in [0.29, 0.717) is 6.07 Å². The van der Waals surface area contributed by atoms with Gasteiger partial charge < -0.3 is 10.2 Å². The fourth-order valence-electron chi connectivity index (χ4n) is 2.01. The Labute approximate surface area is 118 Å². The number of aliphatic hydroxyl groups is 1. The zero-order valence-electron chi connectivity index (χ0n) is 10.6. The smallest absolute Gasteiger partial charge is 0.416 e. The second-order valence-electron chi connectivity index (χ2n) is 4.46. The highest BCUT2D eigenvalue weighted by molar-refractivity contribution is 5.83. The molecule has 0 saturated heterocycles. The topological polar surface area (TPSA) is 57.5 Å². The lowest BCUT2D eigenvalue weighted by molar-refractivity contribution is -0.155. The first-order chi connectivity index (χ1) is 9.76. The Kier molecular flexibility index (Phi) is 3.74. The molecule has 3 nitrogen and oxygen atoms in total. The summed E-state index contributed by atoms with van der Waals surface area (Å²) in [6.45, 7) is 0. The lowest BCUT2D eigenvalue weighted by atomic mass is 9.85. The molecule has 2 rings (SSSR count). The van der Waals surface area contributed by atoms with Crippen molar-refractivity contribution < 1.29 is 28.2 Å². The Hall–Kier alpha value is -2.34. The molecule has 0 aromatic heterocycles. The minimum absolute atomic E-state index is 0.0168. The third kappa shape index (κ3) is 2.75. The lowest BCUT2D eigenvalue weighted by Gasteiger charge is -2.25. The molecule has 0 fully saturated rings. The van der Waals surface area contributed by atoms with Crippen LogP contribution in [0.5, 0.6) is 0 Å². The van der Waals surface area contributed by atoms with Crippen LogP contribution in [0.25, 0.3) is 0 Å². The highest BCUT2D eigenvalue weighted by atomic mass is 19.4. The third-order valence-electron chi connectivity index (χ3n) is 3.11. The Balaban J connectivity index is 2.62. The van der Waals surface area contributed by atoms with Crippen LogP contribution < -0.4 is 0 Å². The second kappa shape index (κ2) is 5.21. The molecule has 0 heterocycles. The molecule has 1 atom stereocenters. The lowest BCUT2D eigenvalue weighted by Crippen LogP contribution is -2.37. The number of alkyl halides is 3. The number of carboxylic acids is 1. The van der Waals surface area contributed by atoms with Gasteiger partial charge >= 0.3 is 12.1 Å². The quantitative estimate of drug-likeness (QED) is 0.915. The molecule has 0 aliphatic heterocycles.